The summed E-state index contributed by atoms with van der Waals surface area (Å²) in [6.07, 6.45) is 4.81. The van der Waals surface area contributed by atoms with E-state index in [4.69, 9.17) is 0 Å². The molecule has 0 atom stereocenters. The van der Waals surface area contributed by atoms with Gasteiger partial charge in [-0.3, -0.25) is 9.78 Å². The van der Waals surface area contributed by atoms with Crippen LogP contribution in [0.15, 0.2) is 4.79 Å². The Balaban J connectivity index is 2.35. The summed E-state index contributed by atoms with van der Waals surface area (Å²) in [7, 11) is 0. The first kappa shape index (κ1) is 9.57. The lowest BCUT2D eigenvalue weighted by Gasteiger charge is -2.14. The number of aryl methyl sites for hydroxylation is 2. The fourth-order valence-electron chi connectivity index (χ4n) is 2.32. The minimum Gasteiger partial charge on any atom is -0.291 e. The van der Waals surface area contributed by atoms with E-state index in [1.54, 1.807) is 0 Å². The second kappa shape index (κ2) is 3.43. The third-order valence-electron chi connectivity index (χ3n) is 3.16. The summed E-state index contributed by atoms with van der Waals surface area (Å²) < 4.78 is 1.81. The highest BCUT2D eigenvalue weighted by molar-refractivity contribution is 5.34. The Kier molecular flexibility index (Phi) is 2.05. The summed E-state index contributed by atoms with van der Waals surface area (Å²) in [5.41, 5.74) is 1.96. The molecule has 0 aromatic carbocycles. The normalized spacial score (nSPS) is 15.3. The molecule has 0 saturated carbocycles. The van der Waals surface area contributed by atoms with Crippen molar-refractivity contribution in [2.45, 2.75) is 39.0 Å². The Morgan fingerprint density at radius 2 is 2.19 bits per heavy atom. The Hall–Kier alpha value is -1.65. The smallest absolute Gasteiger partial charge is 0.255 e. The van der Waals surface area contributed by atoms with Crippen LogP contribution in [-0.4, -0.2) is 19.6 Å². The SMILES string of the molecule is CCc1nc2[nH]c(=O)c3c(n2n1)CCCC3. The van der Waals surface area contributed by atoms with Gasteiger partial charge in [0, 0.05) is 12.0 Å². The second-order valence-corrected chi connectivity index (χ2v) is 4.20. The van der Waals surface area contributed by atoms with Crippen molar-refractivity contribution >= 4 is 5.78 Å². The van der Waals surface area contributed by atoms with Crippen LogP contribution in [0.4, 0.5) is 0 Å². The lowest BCUT2D eigenvalue weighted by molar-refractivity contribution is 0.633. The zero-order chi connectivity index (χ0) is 11.1. The standard InChI is InChI=1S/C11H14N4O/c1-2-9-12-11-13-10(16)7-5-3-4-6-8(7)15(11)14-9/h2-6H2,1H3,(H,12,13,14,16). The first-order chi connectivity index (χ1) is 7.79. The first-order valence-corrected chi connectivity index (χ1v) is 5.79. The monoisotopic (exact) mass is 218 g/mol. The Labute approximate surface area is 92.5 Å². The van der Waals surface area contributed by atoms with Crippen LogP contribution in [0, 0.1) is 0 Å². The van der Waals surface area contributed by atoms with Crippen molar-refractivity contribution in [1.82, 2.24) is 19.6 Å². The van der Waals surface area contributed by atoms with Crippen LogP contribution in [0.1, 0.15) is 36.8 Å². The molecule has 0 spiro atoms. The molecule has 0 bridgehead atoms. The Morgan fingerprint density at radius 1 is 1.38 bits per heavy atom. The van der Waals surface area contributed by atoms with Crippen molar-refractivity contribution in [3.8, 4) is 0 Å². The van der Waals surface area contributed by atoms with E-state index in [1.807, 2.05) is 11.4 Å². The van der Waals surface area contributed by atoms with Crippen molar-refractivity contribution in [3.05, 3.63) is 27.4 Å². The summed E-state index contributed by atoms with van der Waals surface area (Å²) >= 11 is 0. The van der Waals surface area contributed by atoms with E-state index in [9.17, 15) is 4.79 Å². The van der Waals surface area contributed by atoms with Gasteiger partial charge in [0.25, 0.3) is 5.56 Å². The number of aromatic amines is 1. The third kappa shape index (κ3) is 1.27. The fourth-order valence-corrected chi connectivity index (χ4v) is 2.32. The Bertz CT molecular complexity index is 596. The van der Waals surface area contributed by atoms with Gasteiger partial charge in [0.1, 0.15) is 0 Å². The molecule has 3 rings (SSSR count). The lowest BCUT2D eigenvalue weighted by atomic mass is 9.97. The molecule has 2 heterocycles. The maximum Gasteiger partial charge on any atom is 0.255 e. The van der Waals surface area contributed by atoms with Crippen LogP contribution in [0.3, 0.4) is 0 Å². The van der Waals surface area contributed by atoms with E-state index in [0.717, 1.165) is 49.2 Å². The van der Waals surface area contributed by atoms with Crippen LogP contribution >= 0.6 is 0 Å². The molecule has 5 heteroatoms. The first-order valence-electron chi connectivity index (χ1n) is 5.79. The highest BCUT2D eigenvalue weighted by Crippen LogP contribution is 2.17. The van der Waals surface area contributed by atoms with E-state index in [2.05, 4.69) is 15.1 Å². The highest BCUT2D eigenvalue weighted by Gasteiger charge is 2.18. The molecule has 0 fully saturated rings. The van der Waals surface area contributed by atoms with Crippen LogP contribution in [0.2, 0.25) is 0 Å². The number of hydrogen-bond donors (Lipinski definition) is 1. The molecular formula is C11H14N4O. The minimum absolute atomic E-state index is 0.0113. The zero-order valence-electron chi connectivity index (χ0n) is 9.29. The van der Waals surface area contributed by atoms with Crippen molar-refractivity contribution in [2.24, 2.45) is 0 Å². The number of nitrogens with zero attached hydrogens (tertiary/aromatic N) is 3. The van der Waals surface area contributed by atoms with E-state index in [1.165, 1.54) is 0 Å². The maximum atomic E-state index is 11.8. The van der Waals surface area contributed by atoms with Gasteiger partial charge < -0.3 is 0 Å². The van der Waals surface area contributed by atoms with Gasteiger partial charge in [0.15, 0.2) is 5.82 Å². The molecule has 0 amide bonds. The fraction of sp³-hybridized carbons (Fsp3) is 0.545. The molecule has 1 aliphatic rings. The van der Waals surface area contributed by atoms with Gasteiger partial charge >= 0.3 is 0 Å². The van der Waals surface area contributed by atoms with Gasteiger partial charge in [0.2, 0.25) is 5.78 Å². The van der Waals surface area contributed by atoms with Crippen LogP contribution in [0.5, 0.6) is 0 Å². The number of nitrogens with one attached hydrogen (secondary N) is 1. The summed E-state index contributed by atoms with van der Waals surface area (Å²) in [5, 5.41) is 4.42. The molecule has 2 aromatic heterocycles. The van der Waals surface area contributed by atoms with E-state index in [-0.39, 0.29) is 5.56 Å². The molecule has 0 saturated heterocycles. The van der Waals surface area contributed by atoms with Crippen molar-refractivity contribution in [1.29, 1.82) is 0 Å². The van der Waals surface area contributed by atoms with Crippen molar-refractivity contribution in [2.75, 3.05) is 0 Å². The molecular weight excluding hydrogens is 204 g/mol. The van der Waals surface area contributed by atoms with Gasteiger partial charge in [-0.15, -0.1) is 5.10 Å². The van der Waals surface area contributed by atoms with Gasteiger partial charge in [-0.2, -0.15) is 4.98 Å². The number of aromatic nitrogens is 4. The molecule has 1 N–H and O–H groups in total. The van der Waals surface area contributed by atoms with Crippen LogP contribution in [0.25, 0.3) is 5.78 Å². The van der Waals surface area contributed by atoms with E-state index >= 15 is 0 Å². The molecule has 16 heavy (non-hydrogen) atoms. The van der Waals surface area contributed by atoms with Gasteiger partial charge in [-0.25, -0.2) is 4.52 Å². The quantitative estimate of drug-likeness (QED) is 0.772. The third-order valence-corrected chi connectivity index (χ3v) is 3.16. The molecule has 84 valence electrons. The van der Waals surface area contributed by atoms with Gasteiger partial charge in [-0.05, 0) is 25.7 Å². The topological polar surface area (TPSA) is 63.0 Å². The number of hydrogen-bond acceptors (Lipinski definition) is 3. The van der Waals surface area contributed by atoms with Crippen molar-refractivity contribution < 1.29 is 0 Å². The van der Waals surface area contributed by atoms with E-state index in [0.29, 0.717) is 5.78 Å². The largest absolute Gasteiger partial charge is 0.291 e. The minimum atomic E-state index is 0.0113. The van der Waals surface area contributed by atoms with E-state index < -0.39 is 0 Å². The molecule has 1 aliphatic carbocycles. The number of rotatable bonds is 1. The predicted molar refractivity (Wildman–Crippen MR) is 59.6 cm³/mol. The maximum absolute atomic E-state index is 11.8. The average Bonchev–Trinajstić information content (AvgIpc) is 2.72. The van der Waals surface area contributed by atoms with Crippen LogP contribution < -0.4 is 5.56 Å². The predicted octanol–water partition coefficient (Wildman–Crippen LogP) is 0.859. The van der Waals surface area contributed by atoms with Gasteiger partial charge in [0.05, 0.1) is 5.69 Å². The molecule has 0 radical (unpaired) electrons. The van der Waals surface area contributed by atoms with Gasteiger partial charge in [-0.1, -0.05) is 6.92 Å². The molecule has 0 aliphatic heterocycles. The summed E-state index contributed by atoms with van der Waals surface area (Å²) in [6, 6.07) is 0. The molecule has 2 aromatic rings. The number of fused-ring (bicyclic) bond motifs is 3. The lowest BCUT2D eigenvalue weighted by Crippen LogP contribution is -2.23. The zero-order valence-corrected chi connectivity index (χ0v) is 9.29. The van der Waals surface area contributed by atoms with Crippen LogP contribution in [-0.2, 0) is 19.3 Å². The highest BCUT2D eigenvalue weighted by atomic mass is 16.1. The molecule has 0 unspecified atom stereocenters. The Morgan fingerprint density at radius 3 is 3.00 bits per heavy atom. The average molecular weight is 218 g/mol. The summed E-state index contributed by atoms with van der Waals surface area (Å²) in [4.78, 5) is 18.9. The second-order valence-electron chi connectivity index (χ2n) is 4.20. The van der Waals surface area contributed by atoms with Crippen molar-refractivity contribution in [3.63, 3.8) is 0 Å². The number of H-pyrrole nitrogens is 1. The molecule has 5 nitrogen and oxygen atoms in total. The summed E-state index contributed by atoms with van der Waals surface area (Å²) in [5.74, 6) is 1.37. The summed E-state index contributed by atoms with van der Waals surface area (Å²) in [6.45, 7) is 2.01.